The van der Waals surface area contributed by atoms with E-state index in [-0.39, 0.29) is 42.7 Å². The van der Waals surface area contributed by atoms with Crippen molar-refractivity contribution in [2.75, 3.05) is 41.0 Å². The number of allylic oxidation sites excluding steroid dienone is 4. The van der Waals surface area contributed by atoms with Gasteiger partial charge in [0.25, 0.3) is 0 Å². The number of nitrogens with zero attached hydrogens (tertiary/aromatic N) is 1. The van der Waals surface area contributed by atoms with Gasteiger partial charge in [-0.3, -0.25) is 9.59 Å². The number of ether oxygens (including phenoxy) is 3. The molecule has 2 unspecified atom stereocenters. The zero-order chi connectivity index (χ0) is 42.1. The van der Waals surface area contributed by atoms with Crippen molar-refractivity contribution in [3.63, 3.8) is 0 Å². The third-order valence-electron chi connectivity index (χ3n) is 10.8. The van der Waals surface area contributed by atoms with Crippen LogP contribution in [0.15, 0.2) is 24.3 Å². The Labute approximate surface area is 351 Å². The fraction of sp³-hybridized carbons (Fsp3) is 0.857. The van der Waals surface area contributed by atoms with Gasteiger partial charge in [-0.05, 0) is 64.2 Å². The Morgan fingerprint density at radius 1 is 0.509 bits per heavy atom. The SMILES string of the molecule is CCCCC/C=C\CCCCCCCC(=O)OCC(COCCC(C(=O)[O-])[N+](C)(C)C)OC(=O)CCCCCCCCCCC/C=C\CCCCCCCCCC. The second kappa shape index (κ2) is 40.6. The molecule has 0 aromatic heterocycles. The molecule has 0 radical (unpaired) electrons. The Morgan fingerprint density at radius 3 is 1.30 bits per heavy atom. The highest BCUT2D eigenvalue weighted by Crippen LogP contribution is 2.15. The molecule has 2 atom stereocenters. The minimum absolute atomic E-state index is 0.0403. The van der Waals surface area contributed by atoms with Crippen LogP contribution in [0.25, 0.3) is 0 Å². The van der Waals surface area contributed by atoms with Crippen LogP contribution < -0.4 is 5.11 Å². The summed E-state index contributed by atoms with van der Waals surface area (Å²) in [6.07, 6.45) is 44.9. The molecule has 0 aliphatic rings. The van der Waals surface area contributed by atoms with Gasteiger partial charge in [0.05, 0.1) is 40.3 Å². The van der Waals surface area contributed by atoms with Crippen molar-refractivity contribution in [2.24, 2.45) is 0 Å². The predicted molar refractivity (Wildman–Crippen MR) is 236 cm³/mol. The maximum atomic E-state index is 12.7. The Hall–Kier alpha value is -2.19. The van der Waals surface area contributed by atoms with E-state index in [0.29, 0.717) is 12.8 Å². The molecular formula is C49H91NO7. The standard InChI is InChI=1S/C49H91NO7/c1-6-8-10-12-14-16-18-20-21-22-23-24-25-26-27-28-30-32-34-36-38-40-48(52)57-45(43-55-42-41-46(49(53)54)50(3,4)5)44-56-47(51)39-37-35-33-31-29-19-17-15-13-11-9-7-2/h15,17,22-23,45-46H,6-14,16,18-21,24-44H2,1-5H3/b17-15-,23-22-. The molecule has 0 aromatic carbocycles. The first-order valence-corrected chi connectivity index (χ1v) is 23.9. The number of esters is 2. The molecule has 8 heteroatoms. The maximum Gasteiger partial charge on any atom is 0.306 e. The van der Waals surface area contributed by atoms with Gasteiger partial charge in [0.2, 0.25) is 0 Å². The molecule has 57 heavy (non-hydrogen) atoms. The third-order valence-corrected chi connectivity index (χ3v) is 10.8. The summed E-state index contributed by atoms with van der Waals surface area (Å²) < 4.78 is 17.2. The van der Waals surface area contributed by atoms with E-state index in [9.17, 15) is 19.5 Å². The Morgan fingerprint density at radius 2 is 0.877 bits per heavy atom. The molecule has 0 aliphatic carbocycles. The summed E-state index contributed by atoms with van der Waals surface area (Å²) in [5.41, 5.74) is 0. The van der Waals surface area contributed by atoms with Gasteiger partial charge >= 0.3 is 11.9 Å². The Balaban J connectivity index is 4.24. The van der Waals surface area contributed by atoms with Crippen LogP contribution >= 0.6 is 0 Å². The van der Waals surface area contributed by atoms with Crippen LogP contribution in [0.4, 0.5) is 0 Å². The summed E-state index contributed by atoms with van der Waals surface area (Å²) in [6.45, 7) is 4.65. The van der Waals surface area contributed by atoms with Gasteiger partial charge in [-0.2, -0.15) is 0 Å². The van der Waals surface area contributed by atoms with E-state index < -0.39 is 18.1 Å². The second-order valence-electron chi connectivity index (χ2n) is 17.3. The highest BCUT2D eigenvalue weighted by atomic mass is 16.6. The number of carbonyl (C=O) groups is 3. The van der Waals surface area contributed by atoms with Gasteiger partial charge in [-0.1, -0.05) is 160 Å². The van der Waals surface area contributed by atoms with E-state index in [1.165, 1.54) is 135 Å². The number of likely N-dealkylation sites (N-methyl/N-ethyl adjacent to an activating group) is 1. The van der Waals surface area contributed by atoms with E-state index in [1.807, 2.05) is 0 Å². The van der Waals surface area contributed by atoms with E-state index >= 15 is 0 Å². The predicted octanol–water partition coefficient (Wildman–Crippen LogP) is 11.9. The highest BCUT2D eigenvalue weighted by molar-refractivity contribution is 5.70. The topological polar surface area (TPSA) is 102 Å². The van der Waals surface area contributed by atoms with Crippen molar-refractivity contribution in [1.82, 2.24) is 0 Å². The molecular weight excluding hydrogens is 715 g/mol. The highest BCUT2D eigenvalue weighted by Gasteiger charge is 2.25. The fourth-order valence-corrected chi connectivity index (χ4v) is 7.06. The first-order valence-electron chi connectivity index (χ1n) is 23.9. The van der Waals surface area contributed by atoms with Crippen LogP contribution in [0.5, 0.6) is 0 Å². The van der Waals surface area contributed by atoms with Gasteiger partial charge < -0.3 is 28.6 Å². The molecule has 0 fully saturated rings. The van der Waals surface area contributed by atoms with Crippen LogP contribution in [-0.4, -0.2) is 75.5 Å². The van der Waals surface area contributed by atoms with Gasteiger partial charge in [0, 0.05) is 19.3 Å². The summed E-state index contributed by atoms with van der Waals surface area (Å²) in [7, 11) is 5.41. The number of hydrogen-bond acceptors (Lipinski definition) is 7. The Bertz CT molecular complexity index is 989. The minimum Gasteiger partial charge on any atom is -0.544 e. The quantitative estimate of drug-likeness (QED) is 0.0262. The molecule has 0 bridgehead atoms. The van der Waals surface area contributed by atoms with Crippen molar-refractivity contribution in [2.45, 2.75) is 231 Å². The van der Waals surface area contributed by atoms with Gasteiger partial charge in [0.15, 0.2) is 6.10 Å². The summed E-state index contributed by atoms with van der Waals surface area (Å²) in [4.78, 5) is 36.9. The molecule has 0 N–H and O–H groups in total. The molecule has 0 saturated carbocycles. The van der Waals surface area contributed by atoms with Crippen molar-refractivity contribution in [3.8, 4) is 0 Å². The first kappa shape index (κ1) is 54.8. The number of quaternary nitrogens is 1. The number of rotatable bonds is 43. The minimum atomic E-state index is -1.12. The summed E-state index contributed by atoms with van der Waals surface area (Å²) in [5, 5.41) is 11.6. The molecule has 0 aromatic rings. The number of carboxylic acid groups (broad SMARTS) is 1. The van der Waals surface area contributed by atoms with E-state index in [4.69, 9.17) is 14.2 Å². The molecule has 0 saturated heterocycles. The summed E-state index contributed by atoms with van der Waals surface area (Å²) in [6, 6.07) is -0.725. The molecule has 0 amide bonds. The van der Waals surface area contributed by atoms with Crippen LogP contribution in [0.2, 0.25) is 0 Å². The average molecular weight is 806 g/mol. The lowest BCUT2D eigenvalue weighted by Gasteiger charge is -2.34. The molecule has 334 valence electrons. The van der Waals surface area contributed by atoms with Crippen LogP contribution in [0.1, 0.15) is 219 Å². The largest absolute Gasteiger partial charge is 0.544 e. The molecule has 0 heterocycles. The number of carboxylic acids is 1. The smallest absolute Gasteiger partial charge is 0.306 e. The number of hydrogen-bond donors (Lipinski definition) is 0. The van der Waals surface area contributed by atoms with Crippen molar-refractivity contribution in [3.05, 3.63) is 24.3 Å². The lowest BCUT2D eigenvalue weighted by molar-refractivity contribution is -0.889. The number of carbonyl (C=O) groups excluding carboxylic acids is 3. The van der Waals surface area contributed by atoms with Gasteiger partial charge in [0.1, 0.15) is 12.6 Å². The lowest BCUT2D eigenvalue weighted by atomic mass is 10.1. The number of unbranched alkanes of at least 4 members (excludes halogenated alkanes) is 25. The zero-order valence-electron chi connectivity index (χ0n) is 38.0. The number of aliphatic carboxylic acids is 1. The van der Waals surface area contributed by atoms with E-state index in [2.05, 4.69) is 38.2 Å². The third kappa shape index (κ3) is 39.1. The van der Waals surface area contributed by atoms with E-state index in [0.717, 1.165) is 51.4 Å². The van der Waals surface area contributed by atoms with Crippen molar-refractivity contribution >= 4 is 17.9 Å². The van der Waals surface area contributed by atoms with Gasteiger partial charge in [-0.15, -0.1) is 0 Å². The molecule has 0 aliphatic heterocycles. The van der Waals surface area contributed by atoms with Crippen molar-refractivity contribution < 1.29 is 38.2 Å². The second-order valence-corrected chi connectivity index (χ2v) is 17.3. The maximum absolute atomic E-state index is 12.7. The van der Waals surface area contributed by atoms with Crippen molar-refractivity contribution in [1.29, 1.82) is 0 Å². The average Bonchev–Trinajstić information content (AvgIpc) is 3.17. The summed E-state index contributed by atoms with van der Waals surface area (Å²) in [5.74, 6) is -1.74. The summed E-state index contributed by atoms with van der Waals surface area (Å²) >= 11 is 0. The van der Waals surface area contributed by atoms with Gasteiger partial charge in [-0.25, -0.2) is 0 Å². The lowest BCUT2D eigenvalue weighted by Crippen LogP contribution is -2.55. The van der Waals surface area contributed by atoms with Crippen LogP contribution in [0.3, 0.4) is 0 Å². The first-order chi connectivity index (χ1) is 27.6. The van der Waals surface area contributed by atoms with E-state index in [1.54, 1.807) is 21.1 Å². The Kier molecular flexibility index (Phi) is 39.0. The molecule has 8 nitrogen and oxygen atoms in total. The normalized spacial score (nSPS) is 13.1. The fourth-order valence-electron chi connectivity index (χ4n) is 7.06. The van der Waals surface area contributed by atoms with Crippen LogP contribution in [0, 0.1) is 0 Å². The monoisotopic (exact) mass is 806 g/mol. The molecule has 0 spiro atoms. The van der Waals surface area contributed by atoms with Crippen LogP contribution in [-0.2, 0) is 28.6 Å². The molecule has 0 rings (SSSR count). The zero-order valence-corrected chi connectivity index (χ0v) is 38.0.